The molecule has 0 spiro atoms. The van der Waals surface area contributed by atoms with Crippen molar-refractivity contribution in [2.45, 2.75) is 13.8 Å². The second-order valence-corrected chi connectivity index (χ2v) is 7.56. The Morgan fingerprint density at radius 2 is 1.73 bits per heavy atom. The molecule has 1 aliphatic heterocycles. The lowest BCUT2D eigenvalue weighted by Crippen LogP contribution is -2.49. The summed E-state index contributed by atoms with van der Waals surface area (Å²) >= 11 is 0. The van der Waals surface area contributed by atoms with E-state index >= 15 is 0 Å². The van der Waals surface area contributed by atoms with Crippen LogP contribution < -0.4 is 4.90 Å². The van der Waals surface area contributed by atoms with Crippen LogP contribution >= 0.6 is 0 Å². The molecule has 7 heteroatoms. The average molecular weight is 409 g/mol. The van der Waals surface area contributed by atoms with Crippen molar-refractivity contribution in [2.75, 3.05) is 37.7 Å². The van der Waals surface area contributed by atoms with Crippen LogP contribution in [0.5, 0.6) is 0 Å². The Bertz CT molecular complexity index is 1080. The van der Waals surface area contributed by atoms with Crippen LogP contribution in [0.4, 0.5) is 10.1 Å². The number of hydrogen-bond acceptors (Lipinski definition) is 4. The molecule has 1 aliphatic rings. The number of amides is 1. The first-order chi connectivity index (χ1) is 14.4. The highest BCUT2D eigenvalue weighted by Crippen LogP contribution is 2.23. The van der Waals surface area contributed by atoms with Crippen LogP contribution in [0.2, 0.25) is 0 Å². The SMILES string of the molecule is Cc1[nH]c2ccc(C(=O)OCC(=O)N3CCN(c4ccc(F)cc4)CC3)cc2c1C. The number of H-pyrrole nitrogens is 1. The molecule has 1 N–H and O–H groups in total. The molecule has 156 valence electrons. The van der Waals surface area contributed by atoms with Gasteiger partial charge in [0.2, 0.25) is 0 Å². The Hall–Kier alpha value is -3.35. The molecule has 0 aliphatic carbocycles. The van der Waals surface area contributed by atoms with E-state index in [1.165, 1.54) is 12.1 Å². The van der Waals surface area contributed by atoms with Crippen molar-refractivity contribution in [2.24, 2.45) is 0 Å². The highest BCUT2D eigenvalue weighted by atomic mass is 19.1. The summed E-state index contributed by atoms with van der Waals surface area (Å²) in [5.41, 5.74) is 4.48. The van der Waals surface area contributed by atoms with Crippen LogP contribution in [-0.4, -0.2) is 54.5 Å². The molecule has 1 fully saturated rings. The first kappa shape index (κ1) is 19.9. The van der Waals surface area contributed by atoms with Gasteiger partial charge in [-0.05, 0) is 61.9 Å². The van der Waals surface area contributed by atoms with Gasteiger partial charge in [0, 0.05) is 48.5 Å². The lowest BCUT2D eigenvalue weighted by atomic mass is 10.1. The Balaban J connectivity index is 1.31. The number of ether oxygens (including phenoxy) is 1. The van der Waals surface area contributed by atoms with Gasteiger partial charge in [-0.25, -0.2) is 9.18 Å². The van der Waals surface area contributed by atoms with Gasteiger partial charge in [-0.2, -0.15) is 0 Å². The molecule has 1 amide bonds. The summed E-state index contributed by atoms with van der Waals surface area (Å²) in [4.78, 5) is 31.9. The summed E-state index contributed by atoms with van der Waals surface area (Å²) in [5.74, 6) is -0.986. The van der Waals surface area contributed by atoms with Gasteiger partial charge < -0.3 is 19.5 Å². The number of benzene rings is 2. The third-order valence-corrected chi connectivity index (χ3v) is 5.69. The van der Waals surface area contributed by atoms with Crippen molar-refractivity contribution < 1.29 is 18.7 Å². The van der Waals surface area contributed by atoms with Gasteiger partial charge in [0.1, 0.15) is 5.82 Å². The quantitative estimate of drug-likeness (QED) is 0.671. The van der Waals surface area contributed by atoms with E-state index in [2.05, 4.69) is 9.88 Å². The summed E-state index contributed by atoms with van der Waals surface area (Å²) < 4.78 is 18.3. The maximum absolute atomic E-state index is 13.1. The first-order valence-electron chi connectivity index (χ1n) is 9.97. The van der Waals surface area contributed by atoms with E-state index in [9.17, 15) is 14.0 Å². The van der Waals surface area contributed by atoms with Gasteiger partial charge in [0.05, 0.1) is 5.56 Å². The number of esters is 1. The van der Waals surface area contributed by atoms with E-state index in [1.807, 2.05) is 19.9 Å². The van der Waals surface area contributed by atoms with Crippen molar-refractivity contribution in [3.63, 3.8) is 0 Å². The number of aromatic amines is 1. The fourth-order valence-corrected chi connectivity index (χ4v) is 3.76. The van der Waals surface area contributed by atoms with Crippen LogP contribution in [0.15, 0.2) is 42.5 Å². The number of anilines is 1. The zero-order chi connectivity index (χ0) is 21.3. The lowest BCUT2D eigenvalue weighted by Gasteiger charge is -2.36. The van der Waals surface area contributed by atoms with E-state index < -0.39 is 5.97 Å². The van der Waals surface area contributed by atoms with Gasteiger partial charge in [-0.1, -0.05) is 0 Å². The van der Waals surface area contributed by atoms with Crippen molar-refractivity contribution >= 4 is 28.5 Å². The number of nitrogens with one attached hydrogen (secondary N) is 1. The molecular weight excluding hydrogens is 385 g/mol. The number of piperazine rings is 1. The summed E-state index contributed by atoms with van der Waals surface area (Å²) in [6, 6.07) is 11.7. The second-order valence-electron chi connectivity index (χ2n) is 7.56. The molecule has 3 aromatic rings. The van der Waals surface area contributed by atoms with Gasteiger partial charge in [0.25, 0.3) is 5.91 Å². The smallest absolute Gasteiger partial charge is 0.338 e. The Kier molecular flexibility index (Phi) is 5.44. The molecule has 0 radical (unpaired) electrons. The number of carbonyl (C=O) groups excluding carboxylic acids is 2. The highest BCUT2D eigenvalue weighted by molar-refractivity contribution is 5.96. The molecule has 0 atom stereocenters. The van der Waals surface area contributed by atoms with E-state index in [1.54, 1.807) is 29.2 Å². The van der Waals surface area contributed by atoms with Crippen LogP contribution in [0, 0.1) is 19.7 Å². The van der Waals surface area contributed by atoms with Crippen LogP contribution in [0.3, 0.4) is 0 Å². The molecule has 4 rings (SSSR count). The maximum atomic E-state index is 13.1. The molecule has 2 heterocycles. The number of halogens is 1. The second kappa shape index (κ2) is 8.18. The normalized spacial score (nSPS) is 14.2. The largest absolute Gasteiger partial charge is 0.452 e. The molecule has 1 aromatic heterocycles. The summed E-state index contributed by atoms with van der Waals surface area (Å²) in [6.07, 6.45) is 0. The number of nitrogens with zero attached hydrogens (tertiary/aromatic N) is 2. The standard InChI is InChI=1S/C23H24FN3O3/c1-15-16(2)25-21-8-3-17(13-20(15)21)23(29)30-14-22(28)27-11-9-26(10-12-27)19-6-4-18(24)5-7-19/h3-8,13,25H,9-12,14H2,1-2H3. The number of fused-ring (bicyclic) bond motifs is 1. The molecule has 6 nitrogen and oxygen atoms in total. The zero-order valence-corrected chi connectivity index (χ0v) is 17.1. The van der Waals surface area contributed by atoms with Gasteiger partial charge >= 0.3 is 5.97 Å². The predicted molar refractivity (Wildman–Crippen MR) is 113 cm³/mol. The van der Waals surface area contributed by atoms with Crippen molar-refractivity contribution in [3.8, 4) is 0 Å². The van der Waals surface area contributed by atoms with Gasteiger partial charge in [-0.3, -0.25) is 4.79 Å². The van der Waals surface area contributed by atoms with Crippen molar-refractivity contribution in [3.05, 3.63) is 65.1 Å². The number of carbonyl (C=O) groups is 2. The summed E-state index contributed by atoms with van der Waals surface area (Å²) in [5, 5.41) is 0.977. The average Bonchev–Trinajstić information content (AvgIpc) is 3.05. The number of aromatic nitrogens is 1. The molecule has 30 heavy (non-hydrogen) atoms. The minimum Gasteiger partial charge on any atom is -0.452 e. The lowest BCUT2D eigenvalue weighted by molar-refractivity contribution is -0.134. The fraction of sp³-hybridized carbons (Fsp3) is 0.304. The number of rotatable bonds is 4. The number of aryl methyl sites for hydroxylation is 2. The molecule has 2 aromatic carbocycles. The molecular formula is C23H24FN3O3. The minimum atomic E-state index is -0.506. The third kappa shape index (κ3) is 4.01. The van der Waals surface area contributed by atoms with Gasteiger partial charge in [-0.15, -0.1) is 0 Å². The van der Waals surface area contributed by atoms with E-state index in [4.69, 9.17) is 4.74 Å². The molecule has 1 saturated heterocycles. The third-order valence-electron chi connectivity index (χ3n) is 5.69. The first-order valence-corrected chi connectivity index (χ1v) is 9.97. The molecule has 0 unspecified atom stereocenters. The molecule has 0 bridgehead atoms. The van der Waals surface area contributed by atoms with E-state index in [0.717, 1.165) is 27.8 Å². The minimum absolute atomic E-state index is 0.211. The summed E-state index contributed by atoms with van der Waals surface area (Å²) in [7, 11) is 0. The zero-order valence-electron chi connectivity index (χ0n) is 17.1. The topological polar surface area (TPSA) is 65.6 Å². The van der Waals surface area contributed by atoms with Crippen LogP contribution in [0.25, 0.3) is 10.9 Å². The maximum Gasteiger partial charge on any atom is 0.338 e. The van der Waals surface area contributed by atoms with Crippen LogP contribution in [-0.2, 0) is 9.53 Å². The Labute approximate surface area is 174 Å². The van der Waals surface area contributed by atoms with Crippen molar-refractivity contribution in [1.29, 1.82) is 0 Å². The van der Waals surface area contributed by atoms with Gasteiger partial charge in [0.15, 0.2) is 6.61 Å². The van der Waals surface area contributed by atoms with E-state index in [-0.39, 0.29) is 18.3 Å². The monoisotopic (exact) mass is 409 g/mol. The Morgan fingerprint density at radius 1 is 1.03 bits per heavy atom. The fourth-order valence-electron chi connectivity index (χ4n) is 3.76. The summed E-state index contributed by atoms with van der Waals surface area (Å²) in [6.45, 7) is 6.06. The highest BCUT2D eigenvalue weighted by Gasteiger charge is 2.22. The number of hydrogen-bond donors (Lipinski definition) is 1. The van der Waals surface area contributed by atoms with Crippen LogP contribution in [0.1, 0.15) is 21.6 Å². The predicted octanol–water partition coefficient (Wildman–Crippen LogP) is 3.43. The Morgan fingerprint density at radius 3 is 2.43 bits per heavy atom. The molecule has 0 saturated carbocycles. The van der Waals surface area contributed by atoms with E-state index in [0.29, 0.717) is 31.7 Å². The van der Waals surface area contributed by atoms with Crippen molar-refractivity contribution in [1.82, 2.24) is 9.88 Å².